The van der Waals surface area contributed by atoms with Gasteiger partial charge in [-0.05, 0) is 43.4 Å². The van der Waals surface area contributed by atoms with Gasteiger partial charge >= 0.3 is 0 Å². The van der Waals surface area contributed by atoms with Crippen LogP contribution in [0.3, 0.4) is 0 Å². The van der Waals surface area contributed by atoms with Crippen LogP contribution in [-0.2, 0) is 0 Å². The van der Waals surface area contributed by atoms with E-state index in [-0.39, 0.29) is 5.91 Å². The number of carbonyl (C=O) groups is 1. The van der Waals surface area contributed by atoms with Gasteiger partial charge in [-0.15, -0.1) is 0 Å². The van der Waals surface area contributed by atoms with Crippen molar-refractivity contribution in [2.24, 2.45) is 5.92 Å². The summed E-state index contributed by atoms with van der Waals surface area (Å²) >= 11 is 0. The Morgan fingerprint density at radius 2 is 1.89 bits per heavy atom. The summed E-state index contributed by atoms with van der Waals surface area (Å²) in [6, 6.07) is 9.62. The average molecular weight is 376 g/mol. The van der Waals surface area contributed by atoms with Crippen molar-refractivity contribution in [1.82, 2.24) is 19.5 Å². The number of nitrogens with one attached hydrogen (secondary N) is 1. The molecule has 0 spiro atoms. The summed E-state index contributed by atoms with van der Waals surface area (Å²) in [5.74, 6) is 2.13. The van der Waals surface area contributed by atoms with Gasteiger partial charge in [0.2, 0.25) is 0 Å². The summed E-state index contributed by atoms with van der Waals surface area (Å²) in [7, 11) is 0. The number of hydrogen-bond donors (Lipinski definition) is 1. The quantitative estimate of drug-likeness (QED) is 0.755. The molecule has 144 valence electrons. The Morgan fingerprint density at radius 1 is 1.11 bits per heavy atom. The van der Waals surface area contributed by atoms with Crippen molar-refractivity contribution >= 4 is 17.4 Å². The Balaban J connectivity index is 1.49. The molecule has 1 amide bonds. The van der Waals surface area contributed by atoms with Crippen molar-refractivity contribution in [3.05, 3.63) is 60.4 Å². The number of piperidine rings is 1. The first-order chi connectivity index (χ1) is 13.6. The normalized spacial score (nSPS) is 14.9. The number of amides is 1. The fraction of sp³-hybridized carbons (Fsp3) is 0.333. The van der Waals surface area contributed by atoms with Crippen molar-refractivity contribution in [3.63, 3.8) is 0 Å². The number of nitrogens with zero attached hydrogens (tertiary/aromatic N) is 5. The molecule has 1 fully saturated rings. The first-order valence-electron chi connectivity index (χ1n) is 9.58. The number of imidazole rings is 1. The third-order valence-corrected chi connectivity index (χ3v) is 5.10. The Labute approximate surface area is 164 Å². The van der Waals surface area contributed by atoms with Crippen LogP contribution in [0.15, 0.2) is 49.2 Å². The van der Waals surface area contributed by atoms with Crippen LogP contribution >= 0.6 is 0 Å². The van der Waals surface area contributed by atoms with E-state index in [0.717, 1.165) is 36.1 Å². The molecule has 1 aromatic carbocycles. The van der Waals surface area contributed by atoms with Crippen molar-refractivity contribution in [2.45, 2.75) is 26.7 Å². The summed E-state index contributed by atoms with van der Waals surface area (Å²) in [5.41, 5.74) is 2.18. The summed E-state index contributed by atoms with van der Waals surface area (Å²) in [6.07, 6.45) is 7.21. The van der Waals surface area contributed by atoms with E-state index in [1.54, 1.807) is 23.4 Å². The molecular weight excluding hydrogens is 352 g/mol. The average Bonchev–Trinajstić information content (AvgIpc) is 3.19. The minimum absolute atomic E-state index is 0.247. The molecule has 2 aromatic heterocycles. The number of aromatic nitrogens is 4. The number of carbonyl (C=O) groups excluding carboxylic acids is 1. The highest BCUT2D eigenvalue weighted by atomic mass is 16.1. The van der Waals surface area contributed by atoms with Crippen LogP contribution in [0.4, 0.5) is 11.5 Å². The highest BCUT2D eigenvalue weighted by Gasteiger charge is 2.18. The molecule has 1 N–H and O–H groups in total. The molecule has 1 saturated heterocycles. The van der Waals surface area contributed by atoms with Crippen LogP contribution in [0.1, 0.15) is 35.8 Å². The molecule has 1 aliphatic rings. The van der Waals surface area contributed by atoms with E-state index in [2.05, 4.69) is 32.1 Å². The number of rotatable bonds is 4. The number of aryl methyl sites for hydroxylation is 1. The van der Waals surface area contributed by atoms with Gasteiger partial charge in [0.15, 0.2) is 0 Å². The van der Waals surface area contributed by atoms with E-state index in [1.165, 1.54) is 12.8 Å². The molecule has 0 saturated carbocycles. The van der Waals surface area contributed by atoms with Gasteiger partial charge in [-0.1, -0.05) is 19.1 Å². The lowest BCUT2D eigenvalue weighted by atomic mass is 9.99. The highest BCUT2D eigenvalue weighted by Crippen LogP contribution is 2.22. The third kappa shape index (κ3) is 4.03. The Kier molecular flexibility index (Phi) is 5.06. The maximum Gasteiger partial charge on any atom is 0.275 e. The van der Waals surface area contributed by atoms with E-state index in [4.69, 9.17) is 0 Å². The van der Waals surface area contributed by atoms with E-state index in [1.807, 2.05) is 37.3 Å². The molecule has 1 aliphatic heterocycles. The van der Waals surface area contributed by atoms with Crippen LogP contribution in [0.2, 0.25) is 0 Å². The first kappa shape index (κ1) is 18.2. The second kappa shape index (κ2) is 7.80. The van der Waals surface area contributed by atoms with Gasteiger partial charge in [-0.3, -0.25) is 9.36 Å². The smallest absolute Gasteiger partial charge is 0.275 e. The van der Waals surface area contributed by atoms with Crippen molar-refractivity contribution < 1.29 is 4.79 Å². The number of hydrogen-bond acceptors (Lipinski definition) is 5. The molecule has 0 aliphatic carbocycles. The van der Waals surface area contributed by atoms with Crippen molar-refractivity contribution in [3.8, 4) is 5.82 Å². The molecule has 4 rings (SSSR count). The topological polar surface area (TPSA) is 75.9 Å². The van der Waals surface area contributed by atoms with Crippen LogP contribution in [-0.4, -0.2) is 38.5 Å². The van der Waals surface area contributed by atoms with E-state index in [0.29, 0.717) is 11.5 Å². The van der Waals surface area contributed by atoms with Gasteiger partial charge in [-0.25, -0.2) is 15.0 Å². The van der Waals surface area contributed by atoms with Gasteiger partial charge < -0.3 is 10.2 Å². The zero-order valence-electron chi connectivity index (χ0n) is 16.2. The molecule has 7 heteroatoms. The second-order valence-corrected chi connectivity index (χ2v) is 7.39. The molecule has 28 heavy (non-hydrogen) atoms. The van der Waals surface area contributed by atoms with Crippen LogP contribution in [0, 0.1) is 12.8 Å². The fourth-order valence-corrected chi connectivity index (χ4v) is 3.37. The SMILES string of the molecule is Cc1cccc(NC(=O)c2cn(-c3cc(N4CCC(C)CC4)ncn3)cn2)c1. The molecule has 0 unspecified atom stereocenters. The van der Waals surface area contributed by atoms with E-state index < -0.39 is 0 Å². The lowest BCUT2D eigenvalue weighted by Crippen LogP contribution is -2.33. The van der Waals surface area contributed by atoms with Crippen molar-refractivity contribution in [2.75, 3.05) is 23.3 Å². The van der Waals surface area contributed by atoms with Crippen molar-refractivity contribution in [1.29, 1.82) is 0 Å². The molecular formula is C21H24N6O. The Morgan fingerprint density at radius 3 is 2.68 bits per heavy atom. The third-order valence-electron chi connectivity index (χ3n) is 5.10. The second-order valence-electron chi connectivity index (χ2n) is 7.39. The first-order valence-corrected chi connectivity index (χ1v) is 9.58. The zero-order valence-corrected chi connectivity index (χ0v) is 16.2. The largest absolute Gasteiger partial charge is 0.356 e. The zero-order chi connectivity index (χ0) is 19.5. The molecule has 3 aromatic rings. The van der Waals surface area contributed by atoms with Gasteiger partial charge in [0, 0.05) is 31.0 Å². The summed E-state index contributed by atoms with van der Waals surface area (Å²) in [5, 5.41) is 2.88. The highest BCUT2D eigenvalue weighted by molar-refractivity contribution is 6.02. The van der Waals surface area contributed by atoms with Gasteiger partial charge in [-0.2, -0.15) is 0 Å². The lowest BCUT2D eigenvalue weighted by Gasteiger charge is -2.31. The molecule has 3 heterocycles. The van der Waals surface area contributed by atoms with Gasteiger partial charge in [0.25, 0.3) is 5.91 Å². The summed E-state index contributed by atoms with van der Waals surface area (Å²) in [6.45, 7) is 6.29. The minimum Gasteiger partial charge on any atom is -0.356 e. The molecule has 0 bridgehead atoms. The summed E-state index contributed by atoms with van der Waals surface area (Å²) < 4.78 is 1.75. The molecule has 0 atom stereocenters. The fourth-order valence-electron chi connectivity index (χ4n) is 3.37. The predicted octanol–water partition coefficient (Wildman–Crippen LogP) is 3.46. The van der Waals surface area contributed by atoms with E-state index in [9.17, 15) is 4.79 Å². The maximum atomic E-state index is 12.5. The molecule has 0 radical (unpaired) electrons. The minimum atomic E-state index is -0.247. The summed E-state index contributed by atoms with van der Waals surface area (Å²) in [4.78, 5) is 27.8. The number of benzene rings is 1. The Hall–Kier alpha value is -3.22. The van der Waals surface area contributed by atoms with E-state index >= 15 is 0 Å². The number of anilines is 2. The van der Waals surface area contributed by atoms with Crippen LogP contribution < -0.4 is 10.2 Å². The van der Waals surface area contributed by atoms with Gasteiger partial charge in [0.05, 0.1) is 0 Å². The van der Waals surface area contributed by atoms with Gasteiger partial charge in [0.1, 0.15) is 30.0 Å². The lowest BCUT2D eigenvalue weighted by molar-refractivity contribution is 0.102. The predicted molar refractivity (Wildman–Crippen MR) is 109 cm³/mol. The standard InChI is InChI=1S/C21H24N6O/c1-15-6-8-26(9-7-15)19-11-20(23-13-22-19)27-12-18(24-14-27)21(28)25-17-5-3-4-16(2)10-17/h3-5,10-15H,6-9H2,1-2H3,(H,25,28). The van der Waals surface area contributed by atoms with Crippen LogP contribution in [0.5, 0.6) is 0 Å². The Bertz CT molecular complexity index is 974. The molecule has 7 nitrogen and oxygen atoms in total. The maximum absolute atomic E-state index is 12.5. The monoisotopic (exact) mass is 376 g/mol. The van der Waals surface area contributed by atoms with Crippen LogP contribution in [0.25, 0.3) is 5.82 Å².